The Morgan fingerprint density at radius 3 is 2.54 bits per heavy atom. The second kappa shape index (κ2) is 4.77. The number of hydrogen-bond donors (Lipinski definition) is 1. The van der Waals surface area contributed by atoms with Crippen molar-refractivity contribution in [1.82, 2.24) is 0 Å². The van der Waals surface area contributed by atoms with Crippen LogP contribution < -0.4 is 5.32 Å². The molecule has 0 aliphatic rings. The molecule has 0 radical (unpaired) electrons. The molecular weight excluding hydrogens is 178 g/mol. The standard InChI is InChI=1S/C11H13NS/c1-3-9(2)11(13)12-10-7-5-4-6-8-10/h4-8H,2-3H2,1H3,(H,12,13). The zero-order valence-electron chi connectivity index (χ0n) is 7.71. The van der Waals surface area contributed by atoms with E-state index in [0.717, 1.165) is 22.7 Å². The first-order valence-corrected chi connectivity index (χ1v) is 4.69. The van der Waals surface area contributed by atoms with E-state index in [1.807, 2.05) is 37.3 Å². The molecule has 0 heterocycles. The van der Waals surface area contributed by atoms with Crippen LogP contribution in [0.3, 0.4) is 0 Å². The Bertz CT molecular complexity index is 303. The Labute approximate surface area is 84.5 Å². The van der Waals surface area contributed by atoms with E-state index in [1.54, 1.807) is 0 Å². The molecule has 68 valence electrons. The Hall–Kier alpha value is -1.15. The van der Waals surface area contributed by atoms with Gasteiger partial charge in [-0.2, -0.15) is 0 Å². The van der Waals surface area contributed by atoms with Gasteiger partial charge in [0.25, 0.3) is 0 Å². The van der Waals surface area contributed by atoms with Gasteiger partial charge in [-0.05, 0) is 24.1 Å². The normalized spacial score (nSPS) is 9.31. The average molecular weight is 191 g/mol. The number of anilines is 1. The van der Waals surface area contributed by atoms with Crippen LogP contribution in [0.15, 0.2) is 42.5 Å². The molecular formula is C11H13NS. The minimum atomic E-state index is 0.730. The third kappa shape index (κ3) is 2.99. The summed E-state index contributed by atoms with van der Waals surface area (Å²) in [5, 5.41) is 3.12. The maximum atomic E-state index is 5.15. The molecule has 0 saturated heterocycles. The van der Waals surface area contributed by atoms with E-state index in [-0.39, 0.29) is 0 Å². The Morgan fingerprint density at radius 1 is 1.38 bits per heavy atom. The van der Waals surface area contributed by atoms with Crippen molar-refractivity contribution in [3.05, 3.63) is 42.5 Å². The zero-order chi connectivity index (χ0) is 9.68. The van der Waals surface area contributed by atoms with Gasteiger partial charge in [0.15, 0.2) is 0 Å². The number of thiocarbonyl (C=S) groups is 1. The van der Waals surface area contributed by atoms with Crippen LogP contribution in [-0.4, -0.2) is 4.99 Å². The summed E-state index contributed by atoms with van der Waals surface area (Å²) in [5.74, 6) is 0. The minimum Gasteiger partial charge on any atom is -0.346 e. The number of para-hydroxylation sites is 1. The quantitative estimate of drug-likeness (QED) is 0.580. The molecule has 1 nitrogen and oxygen atoms in total. The molecule has 0 amide bonds. The van der Waals surface area contributed by atoms with Gasteiger partial charge >= 0.3 is 0 Å². The SMILES string of the molecule is C=C(CC)C(=S)Nc1ccccc1. The smallest absolute Gasteiger partial charge is 0.106 e. The fourth-order valence-corrected chi connectivity index (χ4v) is 1.16. The highest BCUT2D eigenvalue weighted by Crippen LogP contribution is 2.08. The van der Waals surface area contributed by atoms with Crippen molar-refractivity contribution in [2.75, 3.05) is 5.32 Å². The molecule has 0 fully saturated rings. The van der Waals surface area contributed by atoms with E-state index >= 15 is 0 Å². The monoisotopic (exact) mass is 191 g/mol. The van der Waals surface area contributed by atoms with Crippen molar-refractivity contribution in [2.24, 2.45) is 0 Å². The summed E-state index contributed by atoms with van der Waals surface area (Å²) >= 11 is 5.15. The largest absolute Gasteiger partial charge is 0.346 e. The molecule has 0 aromatic heterocycles. The lowest BCUT2D eigenvalue weighted by molar-refractivity contribution is 1.18. The van der Waals surface area contributed by atoms with Crippen LogP contribution in [0, 0.1) is 0 Å². The summed E-state index contributed by atoms with van der Waals surface area (Å²) in [6, 6.07) is 9.88. The Morgan fingerprint density at radius 2 is 2.00 bits per heavy atom. The summed E-state index contributed by atoms with van der Waals surface area (Å²) in [5.41, 5.74) is 1.99. The van der Waals surface area contributed by atoms with Crippen molar-refractivity contribution in [1.29, 1.82) is 0 Å². The summed E-state index contributed by atoms with van der Waals surface area (Å²) in [4.78, 5) is 0.730. The number of rotatable bonds is 3. The lowest BCUT2D eigenvalue weighted by Gasteiger charge is -2.08. The van der Waals surface area contributed by atoms with Gasteiger partial charge in [-0.3, -0.25) is 0 Å². The van der Waals surface area contributed by atoms with E-state index in [9.17, 15) is 0 Å². The first kappa shape index (κ1) is 9.93. The molecule has 1 N–H and O–H groups in total. The number of nitrogens with one attached hydrogen (secondary N) is 1. The summed E-state index contributed by atoms with van der Waals surface area (Å²) in [6.45, 7) is 5.91. The third-order valence-corrected chi connectivity index (χ3v) is 2.17. The minimum absolute atomic E-state index is 0.730. The van der Waals surface area contributed by atoms with E-state index < -0.39 is 0 Å². The maximum Gasteiger partial charge on any atom is 0.106 e. The van der Waals surface area contributed by atoms with Crippen molar-refractivity contribution in [3.8, 4) is 0 Å². The van der Waals surface area contributed by atoms with Crippen molar-refractivity contribution in [3.63, 3.8) is 0 Å². The Kier molecular flexibility index (Phi) is 3.65. The topological polar surface area (TPSA) is 12.0 Å². The van der Waals surface area contributed by atoms with Crippen LogP contribution >= 0.6 is 12.2 Å². The van der Waals surface area contributed by atoms with Crippen LogP contribution in [-0.2, 0) is 0 Å². The summed E-state index contributed by atoms with van der Waals surface area (Å²) < 4.78 is 0. The summed E-state index contributed by atoms with van der Waals surface area (Å²) in [6.07, 6.45) is 0.888. The van der Waals surface area contributed by atoms with Gasteiger partial charge in [0.05, 0.1) is 0 Å². The summed E-state index contributed by atoms with van der Waals surface area (Å²) in [7, 11) is 0. The first-order chi connectivity index (χ1) is 6.24. The van der Waals surface area contributed by atoms with Crippen molar-refractivity contribution < 1.29 is 0 Å². The highest BCUT2D eigenvalue weighted by atomic mass is 32.1. The molecule has 0 aliphatic heterocycles. The fourth-order valence-electron chi connectivity index (χ4n) is 0.902. The Balaban J connectivity index is 2.60. The second-order valence-electron chi connectivity index (χ2n) is 2.78. The van der Waals surface area contributed by atoms with Gasteiger partial charge in [-0.15, -0.1) is 0 Å². The van der Waals surface area contributed by atoms with Crippen LogP contribution in [0.4, 0.5) is 5.69 Å². The van der Waals surface area contributed by atoms with E-state index in [2.05, 4.69) is 11.9 Å². The molecule has 0 saturated carbocycles. The van der Waals surface area contributed by atoms with Gasteiger partial charge in [-0.1, -0.05) is 43.9 Å². The zero-order valence-corrected chi connectivity index (χ0v) is 8.53. The molecule has 0 bridgehead atoms. The second-order valence-corrected chi connectivity index (χ2v) is 3.19. The van der Waals surface area contributed by atoms with E-state index in [1.165, 1.54) is 0 Å². The van der Waals surface area contributed by atoms with E-state index in [4.69, 9.17) is 12.2 Å². The van der Waals surface area contributed by atoms with Crippen LogP contribution in [0.25, 0.3) is 0 Å². The predicted molar refractivity (Wildman–Crippen MR) is 62.1 cm³/mol. The molecule has 2 heteroatoms. The number of hydrogen-bond acceptors (Lipinski definition) is 1. The van der Waals surface area contributed by atoms with Gasteiger partial charge in [0.2, 0.25) is 0 Å². The lowest BCUT2D eigenvalue weighted by atomic mass is 10.2. The fraction of sp³-hybridized carbons (Fsp3) is 0.182. The van der Waals surface area contributed by atoms with Crippen molar-refractivity contribution in [2.45, 2.75) is 13.3 Å². The molecule has 1 aromatic rings. The average Bonchev–Trinajstić information content (AvgIpc) is 2.18. The first-order valence-electron chi connectivity index (χ1n) is 4.28. The third-order valence-electron chi connectivity index (χ3n) is 1.78. The van der Waals surface area contributed by atoms with Crippen LogP contribution in [0.2, 0.25) is 0 Å². The molecule has 1 aromatic carbocycles. The van der Waals surface area contributed by atoms with Gasteiger partial charge < -0.3 is 5.32 Å². The maximum absolute atomic E-state index is 5.15. The molecule has 0 atom stereocenters. The highest BCUT2D eigenvalue weighted by Gasteiger charge is 1.99. The van der Waals surface area contributed by atoms with Crippen molar-refractivity contribution >= 4 is 22.9 Å². The highest BCUT2D eigenvalue weighted by molar-refractivity contribution is 7.81. The van der Waals surface area contributed by atoms with Gasteiger partial charge in [-0.25, -0.2) is 0 Å². The van der Waals surface area contributed by atoms with Crippen LogP contribution in [0.1, 0.15) is 13.3 Å². The lowest BCUT2D eigenvalue weighted by Crippen LogP contribution is -2.10. The molecule has 0 aliphatic carbocycles. The molecule has 1 rings (SSSR count). The molecule has 13 heavy (non-hydrogen) atoms. The van der Waals surface area contributed by atoms with Crippen LogP contribution in [0.5, 0.6) is 0 Å². The molecule has 0 unspecified atom stereocenters. The molecule has 0 spiro atoms. The van der Waals surface area contributed by atoms with Gasteiger partial charge in [0.1, 0.15) is 4.99 Å². The van der Waals surface area contributed by atoms with Gasteiger partial charge in [0, 0.05) is 5.69 Å². The van der Waals surface area contributed by atoms with E-state index in [0.29, 0.717) is 0 Å². The number of benzene rings is 1. The predicted octanol–water partition coefficient (Wildman–Crippen LogP) is 3.39.